The lowest BCUT2D eigenvalue weighted by Crippen LogP contribution is -2.52. The van der Waals surface area contributed by atoms with Crippen LogP contribution in [0.3, 0.4) is 0 Å². The van der Waals surface area contributed by atoms with Gasteiger partial charge in [-0.2, -0.15) is 0 Å². The lowest BCUT2D eigenvalue weighted by molar-refractivity contribution is -0.136. The molecular formula is C15H14N2O4. The van der Waals surface area contributed by atoms with Gasteiger partial charge < -0.3 is 9.69 Å². The van der Waals surface area contributed by atoms with Crippen LogP contribution in [0.1, 0.15) is 34.3 Å². The lowest BCUT2D eigenvalue weighted by Gasteiger charge is -2.29. The van der Waals surface area contributed by atoms with E-state index in [2.05, 4.69) is 5.32 Å². The number of benzene rings is 1. The van der Waals surface area contributed by atoms with Gasteiger partial charge in [-0.15, -0.1) is 0 Å². The minimum atomic E-state index is -0.619. The Morgan fingerprint density at radius 1 is 1.29 bits per heavy atom. The van der Waals surface area contributed by atoms with Crippen LogP contribution in [-0.2, 0) is 27.3 Å². The van der Waals surface area contributed by atoms with Crippen molar-refractivity contribution in [1.82, 2.24) is 10.2 Å². The van der Waals surface area contributed by atoms with Crippen molar-refractivity contribution >= 4 is 24.0 Å². The minimum absolute atomic E-state index is 0.179. The van der Waals surface area contributed by atoms with Crippen LogP contribution >= 0.6 is 0 Å². The molecule has 0 aromatic heterocycles. The van der Waals surface area contributed by atoms with Crippen LogP contribution in [0.5, 0.6) is 0 Å². The minimum Gasteiger partial charge on any atom is -0.322 e. The van der Waals surface area contributed by atoms with E-state index >= 15 is 0 Å². The van der Waals surface area contributed by atoms with Crippen molar-refractivity contribution in [2.75, 3.05) is 0 Å². The van der Waals surface area contributed by atoms with E-state index in [-0.39, 0.29) is 24.7 Å². The Balaban J connectivity index is 1.90. The molecule has 3 rings (SSSR count). The van der Waals surface area contributed by atoms with E-state index in [4.69, 9.17) is 0 Å². The SMILES string of the molecule is O=CCc1cccc2c1C(=O)N(C1CCC(=O)NC1=O)C2. The van der Waals surface area contributed by atoms with E-state index in [1.54, 1.807) is 12.1 Å². The monoisotopic (exact) mass is 286 g/mol. The van der Waals surface area contributed by atoms with Gasteiger partial charge in [0.05, 0.1) is 0 Å². The van der Waals surface area contributed by atoms with E-state index in [0.29, 0.717) is 24.1 Å². The van der Waals surface area contributed by atoms with E-state index in [1.807, 2.05) is 6.07 Å². The number of fused-ring (bicyclic) bond motifs is 1. The standard InChI is InChI=1S/C15H14N2O4/c18-7-6-9-2-1-3-10-8-17(15(21)13(9)10)11-4-5-12(19)16-14(11)20/h1-3,7,11H,4-6,8H2,(H,16,19,20). The molecule has 1 aromatic rings. The van der Waals surface area contributed by atoms with Crippen molar-refractivity contribution in [3.8, 4) is 0 Å². The summed E-state index contributed by atoms with van der Waals surface area (Å²) in [5.41, 5.74) is 2.03. The molecule has 1 saturated heterocycles. The van der Waals surface area contributed by atoms with Crippen molar-refractivity contribution in [2.24, 2.45) is 0 Å². The molecule has 0 spiro atoms. The van der Waals surface area contributed by atoms with Gasteiger partial charge in [0.15, 0.2) is 0 Å². The first-order valence-electron chi connectivity index (χ1n) is 6.81. The average molecular weight is 286 g/mol. The smallest absolute Gasteiger partial charge is 0.255 e. The maximum atomic E-state index is 12.6. The van der Waals surface area contributed by atoms with Gasteiger partial charge in [0.2, 0.25) is 11.8 Å². The third-order valence-corrected chi connectivity index (χ3v) is 3.94. The highest BCUT2D eigenvalue weighted by Crippen LogP contribution is 2.29. The molecule has 1 unspecified atom stereocenters. The number of carbonyl (C=O) groups is 4. The first-order chi connectivity index (χ1) is 10.1. The molecule has 21 heavy (non-hydrogen) atoms. The molecule has 1 aromatic carbocycles. The highest BCUT2D eigenvalue weighted by atomic mass is 16.2. The number of piperidine rings is 1. The van der Waals surface area contributed by atoms with Crippen LogP contribution in [0, 0.1) is 0 Å². The molecule has 0 radical (unpaired) electrons. The van der Waals surface area contributed by atoms with Crippen molar-refractivity contribution in [2.45, 2.75) is 31.8 Å². The largest absolute Gasteiger partial charge is 0.322 e. The Morgan fingerprint density at radius 3 is 2.81 bits per heavy atom. The van der Waals surface area contributed by atoms with Gasteiger partial charge in [-0.25, -0.2) is 0 Å². The maximum Gasteiger partial charge on any atom is 0.255 e. The molecule has 0 bridgehead atoms. The molecule has 1 atom stereocenters. The summed E-state index contributed by atoms with van der Waals surface area (Å²) in [7, 11) is 0. The zero-order chi connectivity index (χ0) is 15.0. The van der Waals surface area contributed by atoms with Gasteiger partial charge in [-0.3, -0.25) is 19.7 Å². The predicted molar refractivity (Wildman–Crippen MR) is 72.3 cm³/mol. The number of hydrogen-bond acceptors (Lipinski definition) is 4. The molecule has 3 amide bonds. The van der Waals surface area contributed by atoms with Crippen LogP contribution in [0.4, 0.5) is 0 Å². The van der Waals surface area contributed by atoms with Crippen molar-refractivity contribution in [3.63, 3.8) is 0 Å². The van der Waals surface area contributed by atoms with Gasteiger partial charge in [0.25, 0.3) is 5.91 Å². The number of rotatable bonds is 3. The fraction of sp³-hybridized carbons (Fsp3) is 0.333. The summed E-state index contributed by atoms with van der Waals surface area (Å²) >= 11 is 0. The average Bonchev–Trinajstić information content (AvgIpc) is 2.78. The van der Waals surface area contributed by atoms with Gasteiger partial charge in [0.1, 0.15) is 12.3 Å². The summed E-state index contributed by atoms with van der Waals surface area (Å²) in [6, 6.07) is 4.76. The van der Waals surface area contributed by atoms with E-state index in [0.717, 1.165) is 11.8 Å². The van der Waals surface area contributed by atoms with Crippen LogP contribution in [0.25, 0.3) is 0 Å². The summed E-state index contributed by atoms with van der Waals surface area (Å²) in [6.45, 7) is 0.340. The zero-order valence-electron chi connectivity index (χ0n) is 11.3. The first kappa shape index (κ1) is 13.5. The van der Waals surface area contributed by atoms with Crippen LogP contribution < -0.4 is 5.32 Å². The first-order valence-corrected chi connectivity index (χ1v) is 6.81. The Bertz CT molecular complexity index is 653. The molecule has 6 nitrogen and oxygen atoms in total. The van der Waals surface area contributed by atoms with Crippen molar-refractivity contribution in [3.05, 3.63) is 34.9 Å². The third-order valence-electron chi connectivity index (χ3n) is 3.94. The molecule has 1 N–H and O–H groups in total. The molecule has 0 saturated carbocycles. The molecule has 1 fully saturated rings. The number of hydrogen-bond donors (Lipinski definition) is 1. The summed E-state index contributed by atoms with van der Waals surface area (Å²) in [5.74, 6) is -0.969. The van der Waals surface area contributed by atoms with E-state index in [9.17, 15) is 19.2 Å². The van der Waals surface area contributed by atoms with Crippen LogP contribution in [-0.4, -0.2) is 34.9 Å². The highest BCUT2D eigenvalue weighted by molar-refractivity contribution is 6.06. The summed E-state index contributed by atoms with van der Waals surface area (Å²) in [4.78, 5) is 47.9. The number of amides is 3. The summed E-state index contributed by atoms with van der Waals surface area (Å²) < 4.78 is 0. The third kappa shape index (κ3) is 2.22. The number of carbonyl (C=O) groups excluding carboxylic acids is 4. The zero-order valence-corrected chi connectivity index (χ0v) is 11.3. The molecule has 2 aliphatic rings. The van der Waals surface area contributed by atoms with E-state index in [1.165, 1.54) is 4.90 Å². The fourth-order valence-corrected chi connectivity index (χ4v) is 2.95. The van der Waals surface area contributed by atoms with Crippen molar-refractivity contribution < 1.29 is 19.2 Å². The quantitative estimate of drug-likeness (QED) is 0.635. The Hall–Kier alpha value is -2.50. The van der Waals surface area contributed by atoms with Crippen molar-refractivity contribution in [1.29, 1.82) is 0 Å². The van der Waals surface area contributed by atoms with Crippen LogP contribution in [0.15, 0.2) is 18.2 Å². The topological polar surface area (TPSA) is 83.6 Å². The molecule has 6 heteroatoms. The number of nitrogens with zero attached hydrogens (tertiary/aromatic N) is 1. The second-order valence-electron chi connectivity index (χ2n) is 5.22. The van der Waals surface area contributed by atoms with Gasteiger partial charge in [0, 0.05) is 24.9 Å². The highest BCUT2D eigenvalue weighted by Gasteiger charge is 2.39. The Kier molecular flexibility index (Phi) is 3.29. The Morgan fingerprint density at radius 2 is 2.10 bits per heavy atom. The molecule has 0 aliphatic carbocycles. The maximum absolute atomic E-state index is 12.6. The summed E-state index contributed by atoms with van der Waals surface area (Å²) in [6.07, 6.45) is 1.51. The van der Waals surface area contributed by atoms with E-state index < -0.39 is 11.9 Å². The number of nitrogens with one attached hydrogen (secondary N) is 1. The predicted octanol–water partition coefficient (Wildman–Crippen LogP) is 0.189. The van der Waals surface area contributed by atoms with Gasteiger partial charge >= 0.3 is 0 Å². The van der Waals surface area contributed by atoms with Gasteiger partial charge in [-0.1, -0.05) is 18.2 Å². The normalized spacial score (nSPS) is 21.2. The number of imide groups is 1. The molecule has 108 valence electrons. The summed E-state index contributed by atoms with van der Waals surface area (Å²) in [5, 5.41) is 2.27. The second-order valence-corrected chi connectivity index (χ2v) is 5.22. The molecule has 2 heterocycles. The van der Waals surface area contributed by atoms with Gasteiger partial charge in [-0.05, 0) is 17.5 Å². The Labute approximate surface area is 121 Å². The fourth-order valence-electron chi connectivity index (χ4n) is 2.95. The number of aldehydes is 1. The lowest BCUT2D eigenvalue weighted by atomic mass is 10.0. The molecular weight excluding hydrogens is 272 g/mol. The second kappa shape index (κ2) is 5.12. The van der Waals surface area contributed by atoms with Crippen LogP contribution in [0.2, 0.25) is 0 Å². The molecule has 2 aliphatic heterocycles.